The van der Waals surface area contributed by atoms with Gasteiger partial charge in [-0.3, -0.25) is 4.79 Å². The predicted octanol–water partition coefficient (Wildman–Crippen LogP) is 2.11. The summed E-state index contributed by atoms with van der Waals surface area (Å²) in [6.07, 6.45) is 0.0331. The van der Waals surface area contributed by atoms with Crippen molar-refractivity contribution >= 4 is 11.9 Å². The van der Waals surface area contributed by atoms with Gasteiger partial charge in [0.25, 0.3) is 0 Å². The van der Waals surface area contributed by atoms with Gasteiger partial charge in [-0.15, -0.1) is 0 Å². The fraction of sp³-hybridized carbons (Fsp3) is 0.556. The van der Waals surface area contributed by atoms with Gasteiger partial charge < -0.3 is 15.0 Å². The Morgan fingerprint density at radius 2 is 2.00 bits per heavy atom. The Morgan fingerprint density at radius 3 is 2.65 bits per heavy atom. The van der Waals surface area contributed by atoms with Crippen LogP contribution in [0.3, 0.4) is 0 Å². The van der Waals surface area contributed by atoms with Gasteiger partial charge in [-0.2, -0.15) is 0 Å². The largest absolute Gasteiger partial charge is 0.444 e. The van der Waals surface area contributed by atoms with Crippen LogP contribution < -0.4 is 5.32 Å². The van der Waals surface area contributed by atoms with Crippen molar-refractivity contribution < 1.29 is 14.3 Å². The molecule has 124 valence electrons. The van der Waals surface area contributed by atoms with Gasteiger partial charge in [0.1, 0.15) is 11.4 Å². The molecule has 0 aromatic heterocycles. The summed E-state index contributed by atoms with van der Waals surface area (Å²) < 4.78 is 5.55. The summed E-state index contributed by atoms with van der Waals surface area (Å²) >= 11 is 0. The Kier molecular flexibility index (Phi) is 3.92. The van der Waals surface area contributed by atoms with Crippen molar-refractivity contribution in [1.29, 1.82) is 0 Å². The van der Waals surface area contributed by atoms with Crippen molar-refractivity contribution in [3.8, 4) is 0 Å². The first-order valence-corrected chi connectivity index (χ1v) is 8.14. The molecule has 1 aromatic carbocycles. The topological polar surface area (TPSA) is 58.6 Å². The van der Waals surface area contributed by atoms with Gasteiger partial charge >= 0.3 is 6.09 Å². The summed E-state index contributed by atoms with van der Waals surface area (Å²) in [5.74, 6) is 0.207. The molecule has 2 aliphatic heterocycles. The molecule has 2 unspecified atom stereocenters. The lowest BCUT2D eigenvalue weighted by atomic mass is 9.69. The van der Waals surface area contributed by atoms with Crippen LogP contribution in [0, 0.1) is 0 Å². The van der Waals surface area contributed by atoms with Crippen molar-refractivity contribution in [3.63, 3.8) is 0 Å². The lowest BCUT2D eigenvalue weighted by molar-refractivity contribution is -0.129. The standard InChI is InChI=1S/C18H24N2O3/c1-17(2,3)23-16(22)20-10-9-15(21)18(12-19-11-14(18)20)13-7-5-4-6-8-13/h4-8,14,19H,9-12H2,1-3H3. The number of nitrogens with one attached hydrogen (secondary N) is 1. The molecule has 5 nitrogen and oxygen atoms in total. The van der Waals surface area contributed by atoms with Gasteiger partial charge in [0.2, 0.25) is 0 Å². The van der Waals surface area contributed by atoms with Crippen molar-refractivity contribution in [2.24, 2.45) is 0 Å². The van der Waals surface area contributed by atoms with Crippen molar-refractivity contribution in [1.82, 2.24) is 10.2 Å². The Morgan fingerprint density at radius 1 is 1.30 bits per heavy atom. The summed E-state index contributed by atoms with van der Waals surface area (Å²) in [5, 5.41) is 3.31. The SMILES string of the molecule is CC(C)(C)OC(=O)N1CCC(=O)C2(c3ccccc3)CNCC12. The molecule has 5 heteroatoms. The number of ketones is 1. The van der Waals surface area contributed by atoms with Crippen molar-refractivity contribution in [2.45, 2.75) is 44.2 Å². The predicted molar refractivity (Wildman–Crippen MR) is 87.3 cm³/mol. The molecule has 2 atom stereocenters. The van der Waals surface area contributed by atoms with Crippen LogP contribution in [-0.4, -0.2) is 48.1 Å². The number of carbonyl (C=O) groups excluding carboxylic acids is 2. The Bertz CT molecular complexity index is 608. The number of benzene rings is 1. The van der Waals surface area contributed by atoms with Gasteiger partial charge in [0.15, 0.2) is 0 Å². The molecule has 2 heterocycles. The van der Waals surface area contributed by atoms with E-state index in [1.807, 2.05) is 51.1 Å². The third-order valence-corrected chi connectivity index (χ3v) is 4.68. The minimum absolute atomic E-state index is 0.194. The number of Topliss-reactive ketones (excluding diaryl/α,β-unsaturated/α-hetero) is 1. The second-order valence-corrected chi connectivity index (χ2v) is 7.33. The van der Waals surface area contributed by atoms with Crippen LogP contribution in [0.5, 0.6) is 0 Å². The van der Waals surface area contributed by atoms with E-state index >= 15 is 0 Å². The van der Waals surface area contributed by atoms with Crippen LogP contribution >= 0.6 is 0 Å². The highest BCUT2D eigenvalue weighted by Crippen LogP contribution is 2.39. The summed E-state index contributed by atoms with van der Waals surface area (Å²) in [5.41, 5.74) is -0.218. The van der Waals surface area contributed by atoms with E-state index in [0.717, 1.165) is 5.56 Å². The van der Waals surface area contributed by atoms with Crippen molar-refractivity contribution in [2.75, 3.05) is 19.6 Å². The number of amides is 1. The van der Waals surface area contributed by atoms with Crippen LogP contribution in [0.25, 0.3) is 0 Å². The molecule has 23 heavy (non-hydrogen) atoms. The normalized spacial score (nSPS) is 27.7. The van der Waals surface area contributed by atoms with E-state index in [1.165, 1.54) is 0 Å². The van der Waals surface area contributed by atoms with Crippen molar-refractivity contribution in [3.05, 3.63) is 35.9 Å². The lowest BCUT2D eigenvalue weighted by Crippen LogP contribution is -2.61. The highest BCUT2D eigenvalue weighted by Gasteiger charge is 2.56. The van der Waals surface area contributed by atoms with Crippen LogP contribution in [0.1, 0.15) is 32.8 Å². The molecule has 0 aliphatic carbocycles. The summed E-state index contributed by atoms with van der Waals surface area (Å²) in [4.78, 5) is 27.2. The molecular formula is C18H24N2O3. The summed E-state index contributed by atoms with van der Waals surface area (Å²) in [7, 11) is 0. The van der Waals surface area contributed by atoms with E-state index in [1.54, 1.807) is 4.90 Å². The molecule has 2 aliphatic rings. The molecule has 0 radical (unpaired) electrons. The van der Waals surface area contributed by atoms with Gasteiger partial charge in [0.05, 0.1) is 11.5 Å². The maximum Gasteiger partial charge on any atom is 0.410 e. The minimum atomic E-state index is -0.656. The fourth-order valence-corrected chi connectivity index (χ4v) is 3.69. The number of ether oxygens (including phenoxy) is 1. The Hall–Kier alpha value is -1.88. The third kappa shape index (κ3) is 2.74. The minimum Gasteiger partial charge on any atom is -0.444 e. The monoisotopic (exact) mass is 316 g/mol. The van der Waals surface area contributed by atoms with Gasteiger partial charge in [-0.1, -0.05) is 30.3 Å². The summed E-state index contributed by atoms with van der Waals surface area (Å²) in [6, 6.07) is 9.60. The molecule has 1 N–H and O–H groups in total. The number of hydrogen-bond donors (Lipinski definition) is 1. The molecule has 3 rings (SSSR count). The second kappa shape index (κ2) is 5.64. The summed E-state index contributed by atoms with van der Waals surface area (Å²) in [6.45, 7) is 7.18. The highest BCUT2D eigenvalue weighted by atomic mass is 16.6. The van der Waals surface area contributed by atoms with Crippen LogP contribution in [-0.2, 0) is 14.9 Å². The number of carbonyl (C=O) groups is 2. The maximum absolute atomic E-state index is 12.8. The Balaban J connectivity index is 1.96. The highest BCUT2D eigenvalue weighted by molar-refractivity contribution is 5.94. The number of piperidine rings is 1. The van der Waals surface area contributed by atoms with E-state index in [4.69, 9.17) is 4.74 Å². The van der Waals surface area contributed by atoms with Crippen LogP contribution in [0.15, 0.2) is 30.3 Å². The zero-order valence-corrected chi connectivity index (χ0v) is 14.0. The fourth-order valence-electron chi connectivity index (χ4n) is 3.69. The van der Waals surface area contributed by atoms with Crippen LogP contribution in [0.2, 0.25) is 0 Å². The molecular weight excluding hydrogens is 292 g/mol. The lowest BCUT2D eigenvalue weighted by Gasteiger charge is -2.44. The maximum atomic E-state index is 12.8. The number of hydrogen-bond acceptors (Lipinski definition) is 4. The van der Waals surface area contributed by atoms with E-state index < -0.39 is 11.0 Å². The van der Waals surface area contributed by atoms with Crippen LogP contribution in [0.4, 0.5) is 4.79 Å². The zero-order chi connectivity index (χ0) is 16.7. The first-order valence-electron chi connectivity index (χ1n) is 8.14. The number of rotatable bonds is 1. The number of nitrogens with zero attached hydrogens (tertiary/aromatic N) is 1. The molecule has 1 amide bonds. The Labute approximate surface area is 137 Å². The van der Waals surface area contributed by atoms with Gasteiger partial charge in [-0.05, 0) is 26.3 Å². The van der Waals surface area contributed by atoms with Gasteiger partial charge in [0, 0.05) is 26.1 Å². The zero-order valence-electron chi connectivity index (χ0n) is 14.0. The smallest absolute Gasteiger partial charge is 0.410 e. The quantitative estimate of drug-likeness (QED) is 0.862. The van der Waals surface area contributed by atoms with E-state index in [9.17, 15) is 9.59 Å². The number of likely N-dealkylation sites (tertiary alicyclic amines) is 1. The average Bonchev–Trinajstić information content (AvgIpc) is 2.93. The number of fused-ring (bicyclic) bond motifs is 1. The average molecular weight is 316 g/mol. The molecule has 0 spiro atoms. The molecule has 0 bridgehead atoms. The first-order chi connectivity index (χ1) is 10.8. The first kappa shape index (κ1) is 16.0. The molecule has 0 saturated carbocycles. The third-order valence-electron chi connectivity index (χ3n) is 4.68. The van der Waals surface area contributed by atoms with E-state index in [0.29, 0.717) is 26.1 Å². The molecule has 1 aromatic rings. The molecule has 2 saturated heterocycles. The second-order valence-electron chi connectivity index (χ2n) is 7.33. The molecule has 2 fully saturated rings. The van der Waals surface area contributed by atoms with E-state index in [-0.39, 0.29) is 17.9 Å². The van der Waals surface area contributed by atoms with Gasteiger partial charge in [-0.25, -0.2) is 4.79 Å². The van der Waals surface area contributed by atoms with E-state index in [2.05, 4.69) is 5.32 Å².